The van der Waals surface area contributed by atoms with Gasteiger partial charge in [0.25, 0.3) is 0 Å². The lowest BCUT2D eigenvalue weighted by Crippen LogP contribution is -2.43. The molecule has 9 heteroatoms. The molecular formula is C17H24N6O3. The van der Waals surface area contributed by atoms with Gasteiger partial charge in [0.1, 0.15) is 6.10 Å². The third kappa shape index (κ3) is 3.72. The fourth-order valence-corrected chi connectivity index (χ4v) is 3.06. The van der Waals surface area contributed by atoms with E-state index in [-0.39, 0.29) is 30.8 Å². The Labute approximate surface area is 151 Å². The predicted octanol–water partition coefficient (Wildman–Crippen LogP) is 2.05. The Kier molecular flexibility index (Phi) is 4.62. The quantitative estimate of drug-likeness (QED) is 0.816. The molecule has 0 unspecified atom stereocenters. The number of nitrogens with zero attached hydrogens (tertiary/aromatic N) is 4. The lowest BCUT2D eigenvalue weighted by Gasteiger charge is -2.19. The number of aromatic nitrogens is 4. The lowest BCUT2D eigenvalue weighted by atomic mass is 10.1. The number of urea groups is 1. The van der Waals surface area contributed by atoms with Crippen molar-refractivity contribution in [3.8, 4) is 0 Å². The van der Waals surface area contributed by atoms with Crippen LogP contribution in [-0.2, 0) is 11.3 Å². The average molecular weight is 360 g/mol. The number of amides is 2. The van der Waals surface area contributed by atoms with E-state index in [1.165, 1.54) is 0 Å². The maximum atomic E-state index is 12.2. The number of hydrogen-bond acceptors (Lipinski definition) is 6. The normalized spacial score (nSPS) is 22.7. The van der Waals surface area contributed by atoms with Crippen molar-refractivity contribution in [2.24, 2.45) is 0 Å². The minimum atomic E-state index is -0.264. The summed E-state index contributed by atoms with van der Waals surface area (Å²) in [5.74, 6) is 1.58. The molecule has 1 aliphatic heterocycles. The van der Waals surface area contributed by atoms with Crippen LogP contribution in [0, 0.1) is 0 Å². The molecule has 2 atom stereocenters. The Balaban J connectivity index is 1.30. The van der Waals surface area contributed by atoms with Gasteiger partial charge in [-0.05, 0) is 33.1 Å². The van der Waals surface area contributed by atoms with Crippen LogP contribution in [0.2, 0.25) is 0 Å². The standard InChI is InChI=1S/C17H24N6O3/c1-10(2)23-9-12(7-19-23)15-13(5-6-25-15)20-17(24)18-8-14-21-16(26-22-14)11-3-4-11/h7,9-11,13,15H,3-6,8H2,1-2H3,(H2,18,20,24)/t13-,15+/m1/s1. The molecule has 1 saturated heterocycles. The van der Waals surface area contributed by atoms with Crippen LogP contribution in [-0.4, -0.2) is 38.6 Å². The zero-order valence-electron chi connectivity index (χ0n) is 15.0. The minimum Gasteiger partial charge on any atom is -0.371 e. The molecule has 9 nitrogen and oxygen atoms in total. The van der Waals surface area contributed by atoms with Crippen LogP contribution in [0.15, 0.2) is 16.9 Å². The molecule has 1 aliphatic carbocycles. The summed E-state index contributed by atoms with van der Waals surface area (Å²) in [5.41, 5.74) is 0.980. The molecule has 0 aromatic carbocycles. The molecular weight excluding hydrogens is 336 g/mol. The van der Waals surface area contributed by atoms with E-state index in [0.29, 0.717) is 24.2 Å². The minimum absolute atomic E-state index is 0.0906. The molecule has 2 fully saturated rings. The summed E-state index contributed by atoms with van der Waals surface area (Å²) in [6, 6.07) is -0.0676. The summed E-state index contributed by atoms with van der Waals surface area (Å²) in [6.07, 6.45) is 6.57. The molecule has 2 amide bonds. The largest absolute Gasteiger partial charge is 0.371 e. The summed E-state index contributed by atoms with van der Waals surface area (Å²) >= 11 is 0. The summed E-state index contributed by atoms with van der Waals surface area (Å²) in [5, 5.41) is 14.0. The summed E-state index contributed by atoms with van der Waals surface area (Å²) in [6.45, 7) is 4.99. The highest BCUT2D eigenvalue weighted by Crippen LogP contribution is 2.38. The number of ether oxygens (including phenoxy) is 1. The molecule has 26 heavy (non-hydrogen) atoms. The van der Waals surface area contributed by atoms with Gasteiger partial charge in [-0.25, -0.2) is 4.79 Å². The van der Waals surface area contributed by atoms with Gasteiger partial charge in [0.05, 0.1) is 18.8 Å². The molecule has 4 rings (SSSR count). The fraction of sp³-hybridized carbons (Fsp3) is 0.647. The second-order valence-electron chi connectivity index (χ2n) is 7.18. The van der Waals surface area contributed by atoms with Crippen molar-refractivity contribution < 1.29 is 14.1 Å². The van der Waals surface area contributed by atoms with Crippen molar-refractivity contribution in [2.45, 2.75) is 63.8 Å². The van der Waals surface area contributed by atoms with Crippen LogP contribution in [0.4, 0.5) is 4.79 Å². The van der Waals surface area contributed by atoms with Gasteiger partial charge >= 0.3 is 6.03 Å². The average Bonchev–Trinajstić information content (AvgIpc) is 3.04. The Bertz CT molecular complexity index is 766. The van der Waals surface area contributed by atoms with Crippen LogP contribution < -0.4 is 10.6 Å². The molecule has 2 aromatic rings. The summed E-state index contributed by atoms with van der Waals surface area (Å²) in [7, 11) is 0. The first kappa shape index (κ1) is 17.0. The number of carbonyl (C=O) groups excluding carboxylic acids is 1. The first-order valence-electron chi connectivity index (χ1n) is 9.12. The van der Waals surface area contributed by atoms with Gasteiger partial charge in [0.15, 0.2) is 5.82 Å². The van der Waals surface area contributed by atoms with Crippen molar-refractivity contribution in [3.05, 3.63) is 29.7 Å². The second kappa shape index (κ2) is 7.06. The van der Waals surface area contributed by atoms with Crippen molar-refractivity contribution >= 4 is 6.03 Å². The molecule has 140 valence electrons. The molecule has 2 aliphatic rings. The van der Waals surface area contributed by atoms with E-state index in [4.69, 9.17) is 9.26 Å². The third-order valence-electron chi connectivity index (χ3n) is 4.70. The second-order valence-corrected chi connectivity index (χ2v) is 7.18. The molecule has 0 spiro atoms. The highest BCUT2D eigenvalue weighted by molar-refractivity contribution is 5.74. The van der Waals surface area contributed by atoms with E-state index in [2.05, 4.69) is 39.7 Å². The first-order valence-corrected chi connectivity index (χ1v) is 9.12. The van der Waals surface area contributed by atoms with E-state index in [0.717, 1.165) is 24.8 Å². The SMILES string of the molecule is CC(C)n1cc([C@@H]2OCC[C@H]2NC(=O)NCc2noc(C3CC3)n2)cn1. The van der Waals surface area contributed by atoms with Gasteiger partial charge in [-0.2, -0.15) is 10.1 Å². The molecule has 1 saturated carbocycles. The zero-order chi connectivity index (χ0) is 18.1. The van der Waals surface area contributed by atoms with Gasteiger partial charge < -0.3 is 19.9 Å². The van der Waals surface area contributed by atoms with E-state index in [1.54, 1.807) is 6.20 Å². The molecule has 2 N–H and O–H groups in total. The van der Waals surface area contributed by atoms with E-state index < -0.39 is 0 Å². The van der Waals surface area contributed by atoms with Gasteiger partial charge in [-0.15, -0.1) is 0 Å². The van der Waals surface area contributed by atoms with Crippen LogP contribution >= 0.6 is 0 Å². The fourth-order valence-electron chi connectivity index (χ4n) is 3.06. The van der Waals surface area contributed by atoms with E-state index >= 15 is 0 Å². The predicted molar refractivity (Wildman–Crippen MR) is 91.4 cm³/mol. The van der Waals surface area contributed by atoms with Crippen molar-refractivity contribution in [2.75, 3.05) is 6.61 Å². The number of carbonyl (C=O) groups is 1. The van der Waals surface area contributed by atoms with Crippen LogP contribution in [0.3, 0.4) is 0 Å². The molecule has 3 heterocycles. The Morgan fingerprint density at radius 3 is 2.96 bits per heavy atom. The highest BCUT2D eigenvalue weighted by atomic mass is 16.5. The third-order valence-corrected chi connectivity index (χ3v) is 4.70. The van der Waals surface area contributed by atoms with Crippen molar-refractivity contribution in [3.63, 3.8) is 0 Å². The van der Waals surface area contributed by atoms with Gasteiger partial charge in [-0.1, -0.05) is 5.16 Å². The van der Waals surface area contributed by atoms with Gasteiger partial charge in [0.2, 0.25) is 5.89 Å². The maximum absolute atomic E-state index is 12.2. The first-order chi connectivity index (χ1) is 12.6. The van der Waals surface area contributed by atoms with Crippen LogP contribution in [0.1, 0.15) is 68.5 Å². The monoisotopic (exact) mass is 360 g/mol. The number of hydrogen-bond donors (Lipinski definition) is 2. The summed E-state index contributed by atoms with van der Waals surface area (Å²) in [4.78, 5) is 16.5. The van der Waals surface area contributed by atoms with Gasteiger partial charge in [0, 0.05) is 30.3 Å². The van der Waals surface area contributed by atoms with E-state index in [9.17, 15) is 4.79 Å². The number of nitrogens with one attached hydrogen (secondary N) is 2. The van der Waals surface area contributed by atoms with Crippen LogP contribution in [0.25, 0.3) is 0 Å². The smallest absolute Gasteiger partial charge is 0.315 e. The Morgan fingerprint density at radius 1 is 1.38 bits per heavy atom. The van der Waals surface area contributed by atoms with Crippen LogP contribution in [0.5, 0.6) is 0 Å². The molecule has 0 radical (unpaired) electrons. The molecule has 2 aromatic heterocycles. The zero-order valence-corrected chi connectivity index (χ0v) is 15.0. The van der Waals surface area contributed by atoms with E-state index in [1.807, 2.05) is 10.9 Å². The van der Waals surface area contributed by atoms with Crippen molar-refractivity contribution in [1.29, 1.82) is 0 Å². The number of rotatable bonds is 6. The van der Waals surface area contributed by atoms with Gasteiger partial charge in [-0.3, -0.25) is 4.68 Å². The maximum Gasteiger partial charge on any atom is 0.315 e. The topological polar surface area (TPSA) is 107 Å². The Morgan fingerprint density at radius 2 is 2.23 bits per heavy atom. The van der Waals surface area contributed by atoms with Crippen molar-refractivity contribution in [1.82, 2.24) is 30.6 Å². The summed E-state index contributed by atoms with van der Waals surface area (Å²) < 4.78 is 12.9. The lowest BCUT2D eigenvalue weighted by molar-refractivity contribution is 0.0998. The molecule has 0 bridgehead atoms. The highest BCUT2D eigenvalue weighted by Gasteiger charge is 2.32. The Hall–Kier alpha value is -2.42.